The lowest BCUT2D eigenvalue weighted by Crippen LogP contribution is -2.39. The summed E-state index contributed by atoms with van der Waals surface area (Å²) in [5.41, 5.74) is -0.558. The minimum atomic E-state index is -4.50. The predicted molar refractivity (Wildman–Crippen MR) is 101 cm³/mol. The van der Waals surface area contributed by atoms with Gasteiger partial charge in [-0.3, -0.25) is 0 Å². The zero-order chi connectivity index (χ0) is 20.0. The van der Waals surface area contributed by atoms with Gasteiger partial charge in [0.1, 0.15) is 10.6 Å². The molecular formula is C18H18BrF3N2O2S. The Morgan fingerprint density at radius 2 is 2.00 bits per heavy atom. The van der Waals surface area contributed by atoms with Crippen LogP contribution in [-0.4, -0.2) is 28.1 Å². The number of carbonyl (C=O) groups excluding carboxylic acids is 1. The summed E-state index contributed by atoms with van der Waals surface area (Å²) in [6.07, 6.45) is -4.44. The Hall–Kier alpha value is -1.61. The summed E-state index contributed by atoms with van der Waals surface area (Å²) in [5, 5.41) is 0.305. The summed E-state index contributed by atoms with van der Waals surface area (Å²) < 4.78 is 45.8. The first-order valence-electron chi connectivity index (χ1n) is 8.28. The van der Waals surface area contributed by atoms with Crippen LogP contribution in [0.25, 0.3) is 10.6 Å². The molecule has 2 heterocycles. The van der Waals surface area contributed by atoms with E-state index in [1.54, 1.807) is 31.7 Å². The van der Waals surface area contributed by atoms with Crippen molar-refractivity contribution in [2.75, 3.05) is 6.54 Å². The molecule has 0 spiro atoms. The van der Waals surface area contributed by atoms with Gasteiger partial charge in [-0.15, -0.1) is 11.3 Å². The van der Waals surface area contributed by atoms with E-state index in [9.17, 15) is 18.0 Å². The van der Waals surface area contributed by atoms with Gasteiger partial charge in [-0.25, -0.2) is 9.78 Å². The number of carbonyl (C=O) groups is 1. The Bertz CT molecular complexity index is 874. The van der Waals surface area contributed by atoms with E-state index < -0.39 is 23.4 Å². The average molecular weight is 463 g/mol. The predicted octanol–water partition coefficient (Wildman–Crippen LogP) is 5.88. The highest BCUT2D eigenvalue weighted by Gasteiger charge is 2.37. The molecule has 0 atom stereocenters. The van der Waals surface area contributed by atoms with E-state index in [2.05, 4.69) is 20.9 Å². The SMILES string of the molecule is CC(C)(C)OC(=O)N1CCc2nc(-c3cccc(Br)c3C(F)(F)F)sc2C1. The second-order valence-electron chi connectivity index (χ2n) is 7.20. The van der Waals surface area contributed by atoms with Gasteiger partial charge in [0.25, 0.3) is 0 Å². The monoisotopic (exact) mass is 462 g/mol. The summed E-state index contributed by atoms with van der Waals surface area (Å²) in [6, 6.07) is 4.34. The quantitative estimate of drug-likeness (QED) is 0.530. The Morgan fingerprint density at radius 3 is 2.63 bits per heavy atom. The van der Waals surface area contributed by atoms with Crippen molar-refractivity contribution in [1.82, 2.24) is 9.88 Å². The number of ether oxygens (including phenoxy) is 1. The zero-order valence-corrected chi connectivity index (χ0v) is 17.4. The summed E-state index contributed by atoms with van der Waals surface area (Å²) in [7, 11) is 0. The van der Waals surface area contributed by atoms with Gasteiger partial charge in [-0.05, 0) is 26.8 Å². The first kappa shape index (κ1) is 20.1. The molecular weight excluding hydrogens is 445 g/mol. The molecule has 1 aliphatic heterocycles. The van der Waals surface area contributed by atoms with E-state index in [1.807, 2.05) is 0 Å². The van der Waals surface area contributed by atoms with Crippen molar-refractivity contribution in [1.29, 1.82) is 0 Å². The number of hydrogen-bond acceptors (Lipinski definition) is 4. The number of thiazole rings is 1. The number of rotatable bonds is 1. The van der Waals surface area contributed by atoms with Gasteiger partial charge in [-0.2, -0.15) is 13.2 Å². The van der Waals surface area contributed by atoms with Gasteiger partial charge < -0.3 is 9.64 Å². The van der Waals surface area contributed by atoms with Crippen LogP contribution in [0.15, 0.2) is 22.7 Å². The lowest BCUT2D eigenvalue weighted by atomic mass is 10.1. The van der Waals surface area contributed by atoms with Crippen LogP contribution in [0, 0.1) is 0 Å². The molecule has 2 aromatic rings. The minimum absolute atomic E-state index is 0.0175. The Balaban J connectivity index is 1.91. The van der Waals surface area contributed by atoms with Crippen molar-refractivity contribution in [3.05, 3.63) is 38.8 Å². The van der Waals surface area contributed by atoms with Gasteiger partial charge in [0, 0.05) is 27.9 Å². The summed E-state index contributed by atoms with van der Waals surface area (Å²) in [4.78, 5) is 19.0. The molecule has 0 saturated heterocycles. The molecule has 0 unspecified atom stereocenters. The third-order valence-corrected chi connectivity index (χ3v) is 5.69. The second kappa shape index (κ2) is 7.09. The number of fused-ring (bicyclic) bond motifs is 1. The number of benzene rings is 1. The van der Waals surface area contributed by atoms with Gasteiger partial charge in [-0.1, -0.05) is 28.1 Å². The molecule has 3 rings (SSSR count). The zero-order valence-electron chi connectivity index (χ0n) is 15.0. The summed E-state index contributed by atoms with van der Waals surface area (Å²) in [5.74, 6) is 0. The van der Waals surface area contributed by atoms with E-state index in [-0.39, 0.29) is 16.6 Å². The molecule has 1 aromatic heterocycles. The third kappa shape index (κ3) is 4.45. The maximum atomic E-state index is 13.5. The molecule has 0 aliphatic carbocycles. The highest BCUT2D eigenvalue weighted by atomic mass is 79.9. The van der Waals surface area contributed by atoms with E-state index in [0.29, 0.717) is 18.0 Å². The van der Waals surface area contributed by atoms with E-state index >= 15 is 0 Å². The first-order chi connectivity index (χ1) is 12.5. The second-order valence-corrected chi connectivity index (χ2v) is 9.14. The lowest BCUT2D eigenvalue weighted by molar-refractivity contribution is -0.137. The summed E-state index contributed by atoms with van der Waals surface area (Å²) >= 11 is 4.18. The van der Waals surface area contributed by atoms with Crippen molar-refractivity contribution in [3.8, 4) is 10.6 Å². The molecule has 1 amide bonds. The van der Waals surface area contributed by atoms with Crippen LogP contribution < -0.4 is 0 Å². The molecule has 0 radical (unpaired) electrons. The van der Waals surface area contributed by atoms with E-state index in [0.717, 1.165) is 10.6 Å². The van der Waals surface area contributed by atoms with Gasteiger partial charge >= 0.3 is 12.3 Å². The maximum Gasteiger partial charge on any atom is 0.418 e. The molecule has 146 valence electrons. The molecule has 0 bridgehead atoms. The van der Waals surface area contributed by atoms with Gasteiger partial charge in [0.15, 0.2) is 0 Å². The lowest BCUT2D eigenvalue weighted by Gasteiger charge is -2.29. The topological polar surface area (TPSA) is 42.4 Å². The Kier molecular flexibility index (Phi) is 5.28. The Morgan fingerprint density at radius 1 is 1.30 bits per heavy atom. The number of halogens is 4. The van der Waals surface area contributed by atoms with Crippen LogP contribution >= 0.6 is 27.3 Å². The third-order valence-electron chi connectivity index (χ3n) is 3.91. The maximum absolute atomic E-state index is 13.5. The number of amides is 1. The number of aromatic nitrogens is 1. The van der Waals surface area contributed by atoms with Crippen LogP contribution in [-0.2, 0) is 23.9 Å². The van der Waals surface area contributed by atoms with E-state index in [4.69, 9.17) is 4.74 Å². The Labute approximate surface area is 167 Å². The van der Waals surface area contributed by atoms with Crippen LogP contribution in [0.4, 0.5) is 18.0 Å². The van der Waals surface area contributed by atoms with Crippen LogP contribution in [0.5, 0.6) is 0 Å². The fourth-order valence-electron chi connectivity index (χ4n) is 2.78. The number of alkyl halides is 3. The normalized spacial score (nSPS) is 14.9. The van der Waals surface area contributed by atoms with E-state index in [1.165, 1.54) is 23.5 Å². The smallest absolute Gasteiger partial charge is 0.418 e. The molecule has 9 heteroatoms. The molecule has 0 fully saturated rings. The largest absolute Gasteiger partial charge is 0.444 e. The highest BCUT2D eigenvalue weighted by molar-refractivity contribution is 9.10. The van der Waals surface area contributed by atoms with Crippen molar-refractivity contribution in [3.63, 3.8) is 0 Å². The van der Waals surface area contributed by atoms with Crippen molar-refractivity contribution < 1.29 is 22.7 Å². The molecule has 0 N–H and O–H groups in total. The molecule has 27 heavy (non-hydrogen) atoms. The molecule has 1 aliphatic rings. The van der Waals surface area contributed by atoms with Crippen LogP contribution in [0.3, 0.4) is 0 Å². The standard InChI is InChI=1S/C18H18BrF3N2O2S/c1-17(2,3)26-16(25)24-8-7-12-13(9-24)27-15(23-12)10-5-4-6-11(19)14(10)18(20,21)22/h4-6H,7-9H2,1-3H3. The van der Waals surface area contributed by atoms with Crippen molar-refractivity contribution in [2.45, 2.75) is 45.5 Å². The molecule has 4 nitrogen and oxygen atoms in total. The first-order valence-corrected chi connectivity index (χ1v) is 9.89. The number of nitrogens with zero attached hydrogens (tertiary/aromatic N) is 2. The van der Waals surface area contributed by atoms with Gasteiger partial charge in [0.05, 0.1) is 17.8 Å². The number of hydrogen-bond donors (Lipinski definition) is 0. The molecule has 0 saturated carbocycles. The van der Waals surface area contributed by atoms with Crippen LogP contribution in [0.2, 0.25) is 0 Å². The fraction of sp³-hybridized carbons (Fsp3) is 0.444. The van der Waals surface area contributed by atoms with Crippen LogP contribution in [0.1, 0.15) is 36.9 Å². The van der Waals surface area contributed by atoms with Crippen molar-refractivity contribution >= 4 is 33.4 Å². The minimum Gasteiger partial charge on any atom is -0.444 e. The summed E-state index contributed by atoms with van der Waals surface area (Å²) in [6.45, 7) is 6.08. The van der Waals surface area contributed by atoms with Crippen molar-refractivity contribution in [2.24, 2.45) is 0 Å². The average Bonchev–Trinajstić information content (AvgIpc) is 2.94. The molecule has 1 aromatic carbocycles. The fourth-order valence-corrected chi connectivity index (χ4v) is 4.53. The van der Waals surface area contributed by atoms with Gasteiger partial charge in [0.2, 0.25) is 0 Å². The highest BCUT2D eigenvalue weighted by Crippen LogP contribution is 2.43.